The van der Waals surface area contributed by atoms with E-state index in [0.29, 0.717) is 22.7 Å². The quantitative estimate of drug-likeness (QED) is 0.717. The molecule has 5 nitrogen and oxygen atoms in total. The van der Waals surface area contributed by atoms with Crippen LogP contribution >= 0.6 is 0 Å². The van der Waals surface area contributed by atoms with Gasteiger partial charge in [0.1, 0.15) is 5.82 Å². The highest BCUT2D eigenvalue weighted by molar-refractivity contribution is 5.82. The average molecular weight is 219 g/mol. The van der Waals surface area contributed by atoms with E-state index in [-0.39, 0.29) is 5.75 Å². The Balaban J connectivity index is 2.69. The lowest BCUT2D eigenvalue weighted by molar-refractivity contribution is 0.374. The van der Waals surface area contributed by atoms with Crippen LogP contribution in [0, 0.1) is 6.92 Å². The zero-order valence-corrected chi connectivity index (χ0v) is 9.11. The topological polar surface area (TPSA) is 84.2 Å². The number of hydrogen-bond acceptors (Lipinski definition) is 4. The van der Waals surface area contributed by atoms with Gasteiger partial charge in [-0.2, -0.15) is 5.10 Å². The molecule has 0 bridgehead atoms. The van der Waals surface area contributed by atoms with E-state index in [1.54, 1.807) is 12.3 Å². The van der Waals surface area contributed by atoms with Crippen LogP contribution < -0.4 is 10.5 Å². The average Bonchev–Trinajstić information content (AvgIpc) is 2.66. The van der Waals surface area contributed by atoms with Crippen molar-refractivity contribution in [2.75, 3.05) is 12.8 Å². The van der Waals surface area contributed by atoms with E-state index in [0.717, 1.165) is 5.56 Å². The maximum absolute atomic E-state index is 10.0. The van der Waals surface area contributed by atoms with E-state index >= 15 is 0 Å². The number of methoxy groups -OCH3 is 1. The van der Waals surface area contributed by atoms with E-state index in [1.165, 1.54) is 7.11 Å². The Morgan fingerprint density at radius 2 is 2.19 bits per heavy atom. The lowest BCUT2D eigenvalue weighted by atomic mass is 10.0. The Kier molecular flexibility index (Phi) is 2.44. The second kappa shape index (κ2) is 3.77. The van der Waals surface area contributed by atoms with E-state index < -0.39 is 0 Å². The predicted molar refractivity (Wildman–Crippen MR) is 61.4 cm³/mol. The fourth-order valence-electron chi connectivity index (χ4n) is 1.67. The van der Waals surface area contributed by atoms with Crippen LogP contribution in [0.5, 0.6) is 11.5 Å². The zero-order chi connectivity index (χ0) is 11.7. The SMILES string of the molecule is COc1ccc(C)c(-c2cn[nH]c2N)c1O. The van der Waals surface area contributed by atoms with Crippen molar-refractivity contribution in [2.45, 2.75) is 6.92 Å². The van der Waals surface area contributed by atoms with Gasteiger partial charge in [0.05, 0.1) is 13.3 Å². The first-order valence-corrected chi connectivity index (χ1v) is 4.81. The van der Waals surface area contributed by atoms with E-state index in [1.807, 2.05) is 13.0 Å². The van der Waals surface area contributed by atoms with E-state index in [9.17, 15) is 5.11 Å². The molecule has 5 heteroatoms. The van der Waals surface area contributed by atoms with Crippen molar-refractivity contribution in [3.63, 3.8) is 0 Å². The molecule has 1 heterocycles. The molecule has 4 N–H and O–H groups in total. The van der Waals surface area contributed by atoms with Crippen LogP contribution in [0.15, 0.2) is 18.3 Å². The summed E-state index contributed by atoms with van der Waals surface area (Å²) in [6, 6.07) is 3.57. The summed E-state index contributed by atoms with van der Waals surface area (Å²) in [5, 5.41) is 16.5. The minimum absolute atomic E-state index is 0.0793. The summed E-state index contributed by atoms with van der Waals surface area (Å²) in [6.07, 6.45) is 1.58. The molecule has 0 saturated carbocycles. The summed E-state index contributed by atoms with van der Waals surface area (Å²) in [5.74, 6) is 0.920. The third kappa shape index (κ3) is 1.46. The third-order valence-electron chi connectivity index (χ3n) is 2.51. The first kappa shape index (κ1) is 10.4. The molecule has 1 aromatic heterocycles. The van der Waals surface area contributed by atoms with Gasteiger partial charge in [-0.15, -0.1) is 0 Å². The van der Waals surface area contributed by atoms with Crippen LogP contribution in [-0.2, 0) is 0 Å². The van der Waals surface area contributed by atoms with Gasteiger partial charge in [-0.25, -0.2) is 0 Å². The van der Waals surface area contributed by atoms with Crippen LogP contribution in [0.4, 0.5) is 5.82 Å². The summed E-state index contributed by atoms with van der Waals surface area (Å²) in [4.78, 5) is 0. The highest BCUT2D eigenvalue weighted by Gasteiger charge is 2.16. The molecule has 0 amide bonds. The number of benzene rings is 1. The van der Waals surface area contributed by atoms with Gasteiger partial charge in [-0.1, -0.05) is 6.07 Å². The van der Waals surface area contributed by atoms with Crippen molar-refractivity contribution in [3.8, 4) is 22.6 Å². The zero-order valence-electron chi connectivity index (χ0n) is 9.11. The Labute approximate surface area is 92.9 Å². The minimum atomic E-state index is 0.0793. The number of anilines is 1. The number of rotatable bonds is 2. The number of phenolic OH excluding ortho intramolecular Hbond substituents is 1. The maximum atomic E-state index is 10.0. The minimum Gasteiger partial charge on any atom is -0.504 e. The number of nitrogen functional groups attached to an aromatic ring is 1. The van der Waals surface area contributed by atoms with Gasteiger partial charge in [0, 0.05) is 11.1 Å². The van der Waals surface area contributed by atoms with Crippen LogP contribution in [0.2, 0.25) is 0 Å². The van der Waals surface area contributed by atoms with Gasteiger partial charge in [0.2, 0.25) is 0 Å². The smallest absolute Gasteiger partial charge is 0.166 e. The summed E-state index contributed by atoms with van der Waals surface area (Å²) >= 11 is 0. The van der Waals surface area contributed by atoms with Gasteiger partial charge >= 0.3 is 0 Å². The molecule has 16 heavy (non-hydrogen) atoms. The first-order valence-electron chi connectivity index (χ1n) is 4.81. The summed E-state index contributed by atoms with van der Waals surface area (Å²) in [5.41, 5.74) is 7.96. The predicted octanol–water partition coefficient (Wildman–Crippen LogP) is 1.68. The number of hydrogen-bond donors (Lipinski definition) is 3. The largest absolute Gasteiger partial charge is 0.504 e. The summed E-state index contributed by atoms with van der Waals surface area (Å²) < 4.78 is 5.06. The third-order valence-corrected chi connectivity index (χ3v) is 2.51. The number of H-pyrrole nitrogens is 1. The Morgan fingerprint density at radius 1 is 1.44 bits per heavy atom. The highest BCUT2D eigenvalue weighted by atomic mass is 16.5. The van der Waals surface area contributed by atoms with Gasteiger partial charge in [-0.3, -0.25) is 5.10 Å². The number of phenols is 1. The van der Waals surface area contributed by atoms with E-state index in [2.05, 4.69) is 10.2 Å². The number of nitrogens with zero attached hydrogens (tertiary/aromatic N) is 1. The summed E-state index contributed by atoms with van der Waals surface area (Å²) in [7, 11) is 1.51. The lowest BCUT2D eigenvalue weighted by Gasteiger charge is -2.11. The molecule has 0 unspecified atom stereocenters. The van der Waals surface area contributed by atoms with Crippen molar-refractivity contribution >= 4 is 5.82 Å². The van der Waals surface area contributed by atoms with Gasteiger partial charge < -0.3 is 15.6 Å². The maximum Gasteiger partial charge on any atom is 0.166 e. The Morgan fingerprint density at radius 3 is 2.75 bits per heavy atom. The lowest BCUT2D eigenvalue weighted by Crippen LogP contribution is -1.92. The fourth-order valence-corrected chi connectivity index (χ4v) is 1.67. The number of ether oxygens (including phenoxy) is 1. The van der Waals surface area contributed by atoms with Crippen LogP contribution in [-0.4, -0.2) is 22.4 Å². The highest BCUT2D eigenvalue weighted by Crippen LogP contribution is 2.40. The second-order valence-corrected chi connectivity index (χ2v) is 3.51. The first-order chi connectivity index (χ1) is 7.65. The molecular weight excluding hydrogens is 206 g/mol. The Hall–Kier alpha value is -2.17. The van der Waals surface area contributed by atoms with Crippen molar-refractivity contribution in [2.24, 2.45) is 0 Å². The standard InChI is InChI=1S/C11H13N3O2/c1-6-3-4-8(16-2)10(15)9(6)7-5-13-14-11(7)12/h3-5,15H,1-2H3,(H3,12,13,14). The molecule has 0 saturated heterocycles. The van der Waals surface area contributed by atoms with Crippen molar-refractivity contribution < 1.29 is 9.84 Å². The molecule has 1 aromatic carbocycles. The number of aromatic hydroxyl groups is 1. The number of nitrogens with two attached hydrogens (primary N) is 1. The van der Waals surface area contributed by atoms with Gasteiger partial charge in [-0.05, 0) is 18.6 Å². The molecule has 0 fully saturated rings. The molecule has 2 rings (SSSR count). The molecule has 84 valence electrons. The Bertz CT molecular complexity index is 520. The number of aromatic amines is 1. The molecule has 0 radical (unpaired) electrons. The second-order valence-electron chi connectivity index (χ2n) is 3.51. The van der Waals surface area contributed by atoms with E-state index in [4.69, 9.17) is 10.5 Å². The van der Waals surface area contributed by atoms with Gasteiger partial charge in [0.15, 0.2) is 11.5 Å². The number of aryl methyl sites for hydroxylation is 1. The molecule has 0 spiro atoms. The summed E-state index contributed by atoms with van der Waals surface area (Å²) in [6.45, 7) is 1.89. The number of nitrogens with one attached hydrogen (secondary N) is 1. The fraction of sp³-hybridized carbons (Fsp3) is 0.182. The van der Waals surface area contributed by atoms with Gasteiger partial charge in [0.25, 0.3) is 0 Å². The molecule has 0 aliphatic rings. The molecule has 2 aromatic rings. The molecule has 0 aliphatic heterocycles. The van der Waals surface area contributed by atoms with Crippen molar-refractivity contribution in [3.05, 3.63) is 23.9 Å². The van der Waals surface area contributed by atoms with Crippen molar-refractivity contribution in [1.29, 1.82) is 0 Å². The molecule has 0 aliphatic carbocycles. The van der Waals surface area contributed by atoms with Crippen LogP contribution in [0.1, 0.15) is 5.56 Å². The van der Waals surface area contributed by atoms with Crippen LogP contribution in [0.3, 0.4) is 0 Å². The molecule has 0 atom stereocenters. The number of aromatic nitrogens is 2. The van der Waals surface area contributed by atoms with Crippen LogP contribution in [0.25, 0.3) is 11.1 Å². The monoisotopic (exact) mass is 219 g/mol. The normalized spacial score (nSPS) is 10.4. The molecular formula is C11H13N3O2. The van der Waals surface area contributed by atoms with Crippen molar-refractivity contribution in [1.82, 2.24) is 10.2 Å².